The van der Waals surface area contributed by atoms with Crippen molar-refractivity contribution in [1.29, 1.82) is 0 Å². The smallest absolute Gasteiger partial charge is 0.251 e. The highest BCUT2D eigenvalue weighted by atomic mass is 127. The highest BCUT2D eigenvalue weighted by Gasteiger charge is 2.15. The number of nitrogens with one attached hydrogen (secondary N) is 3. The van der Waals surface area contributed by atoms with E-state index in [-0.39, 0.29) is 35.4 Å². The van der Waals surface area contributed by atoms with Gasteiger partial charge >= 0.3 is 0 Å². The molecular weight excluding hydrogens is 431 g/mol. The van der Waals surface area contributed by atoms with Crippen molar-refractivity contribution in [2.45, 2.75) is 39.8 Å². The monoisotopic (exact) mass is 462 g/mol. The maximum Gasteiger partial charge on any atom is 0.251 e. The summed E-state index contributed by atoms with van der Waals surface area (Å²) in [5.74, 6) is 0.642. The predicted molar refractivity (Wildman–Crippen MR) is 114 cm³/mol. The summed E-state index contributed by atoms with van der Waals surface area (Å²) >= 11 is 0. The third kappa shape index (κ3) is 10.3. The molecule has 0 spiro atoms. The molecule has 142 valence electrons. The first-order chi connectivity index (χ1) is 11.4. The summed E-state index contributed by atoms with van der Waals surface area (Å²) in [5, 5.41) is 9.38. The Bertz CT molecular complexity index is 556. The first kappa shape index (κ1) is 23.6. The van der Waals surface area contributed by atoms with E-state index < -0.39 is 0 Å². The molecule has 0 heterocycles. The lowest BCUT2D eigenvalue weighted by atomic mass is 10.1. The average Bonchev–Trinajstić information content (AvgIpc) is 2.53. The first-order valence-corrected chi connectivity index (χ1v) is 8.29. The Labute approximate surface area is 168 Å². The van der Waals surface area contributed by atoms with Crippen molar-refractivity contribution >= 4 is 35.8 Å². The lowest BCUT2D eigenvalue weighted by molar-refractivity contribution is 0.0919. The minimum absolute atomic E-state index is 0. The van der Waals surface area contributed by atoms with Gasteiger partial charge in [0.25, 0.3) is 5.91 Å². The fourth-order valence-electron chi connectivity index (χ4n) is 2.03. The van der Waals surface area contributed by atoms with E-state index in [1.54, 1.807) is 7.05 Å². The van der Waals surface area contributed by atoms with Crippen LogP contribution < -0.4 is 16.0 Å². The van der Waals surface area contributed by atoms with Crippen LogP contribution in [0.25, 0.3) is 0 Å². The van der Waals surface area contributed by atoms with Gasteiger partial charge in [-0.2, -0.15) is 0 Å². The topological polar surface area (TPSA) is 74.8 Å². The summed E-state index contributed by atoms with van der Waals surface area (Å²) in [7, 11) is 1.73. The van der Waals surface area contributed by atoms with E-state index in [1.807, 2.05) is 52.0 Å². The van der Waals surface area contributed by atoms with Gasteiger partial charge in [0.05, 0.1) is 6.61 Å². The van der Waals surface area contributed by atoms with Gasteiger partial charge in [-0.1, -0.05) is 12.1 Å². The number of hydrogen-bond donors (Lipinski definition) is 3. The normalized spacial score (nSPS) is 11.5. The van der Waals surface area contributed by atoms with Gasteiger partial charge in [0.1, 0.15) is 0 Å². The van der Waals surface area contributed by atoms with Crippen LogP contribution in [0.5, 0.6) is 0 Å². The van der Waals surface area contributed by atoms with E-state index in [1.165, 1.54) is 0 Å². The Morgan fingerprint density at radius 2 is 1.96 bits per heavy atom. The highest BCUT2D eigenvalue weighted by molar-refractivity contribution is 14.0. The van der Waals surface area contributed by atoms with Gasteiger partial charge in [0, 0.05) is 37.8 Å². The first-order valence-electron chi connectivity index (χ1n) is 8.29. The minimum Gasteiger partial charge on any atom is -0.380 e. The van der Waals surface area contributed by atoms with E-state index in [0.717, 1.165) is 5.56 Å². The van der Waals surface area contributed by atoms with Crippen LogP contribution in [0.1, 0.15) is 43.6 Å². The van der Waals surface area contributed by atoms with Crippen LogP contribution >= 0.6 is 24.0 Å². The zero-order chi connectivity index (χ0) is 18.0. The molecular formula is C18H31IN4O2. The van der Waals surface area contributed by atoms with Gasteiger partial charge in [0.15, 0.2) is 5.96 Å². The zero-order valence-corrected chi connectivity index (χ0v) is 18.1. The minimum atomic E-state index is -0.252. The van der Waals surface area contributed by atoms with Crippen molar-refractivity contribution in [2.75, 3.05) is 26.8 Å². The van der Waals surface area contributed by atoms with E-state index in [4.69, 9.17) is 4.74 Å². The van der Waals surface area contributed by atoms with Crippen molar-refractivity contribution in [3.05, 3.63) is 35.4 Å². The fraction of sp³-hybridized carbons (Fsp3) is 0.556. The largest absolute Gasteiger partial charge is 0.380 e. The fourth-order valence-corrected chi connectivity index (χ4v) is 2.03. The molecule has 0 atom stereocenters. The maximum absolute atomic E-state index is 12.2. The highest BCUT2D eigenvalue weighted by Crippen LogP contribution is 2.08. The third-order valence-electron chi connectivity index (χ3n) is 3.10. The lowest BCUT2D eigenvalue weighted by Crippen LogP contribution is -2.40. The van der Waals surface area contributed by atoms with Crippen LogP contribution in [0, 0.1) is 0 Å². The Balaban J connectivity index is 0.00000576. The number of halogens is 1. The van der Waals surface area contributed by atoms with Gasteiger partial charge in [-0.15, -0.1) is 24.0 Å². The summed E-state index contributed by atoms with van der Waals surface area (Å²) in [4.78, 5) is 16.4. The summed E-state index contributed by atoms with van der Waals surface area (Å²) in [6.45, 7) is 10.5. The van der Waals surface area contributed by atoms with E-state index >= 15 is 0 Å². The maximum atomic E-state index is 12.2. The number of amides is 1. The molecule has 0 unspecified atom stereocenters. The second-order valence-electron chi connectivity index (χ2n) is 6.45. The van der Waals surface area contributed by atoms with Gasteiger partial charge < -0.3 is 20.7 Å². The molecule has 0 aliphatic rings. The Morgan fingerprint density at radius 3 is 2.56 bits per heavy atom. The van der Waals surface area contributed by atoms with E-state index in [0.29, 0.717) is 37.8 Å². The van der Waals surface area contributed by atoms with Crippen molar-refractivity contribution in [3.8, 4) is 0 Å². The molecule has 25 heavy (non-hydrogen) atoms. The molecule has 1 amide bonds. The van der Waals surface area contributed by atoms with E-state index in [2.05, 4.69) is 20.9 Å². The van der Waals surface area contributed by atoms with Crippen molar-refractivity contribution < 1.29 is 9.53 Å². The standard InChI is InChI=1S/C18H30N4O2.HI/c1-6-24-11-10-20-17(19-5)21-13-14-8-7-9-15(12-14)16(23)22-18(2,3)4;/h7-9,12H,6,10-11,13H2,1-5H3,(H,22,23)(H2,19,20,21);1H. The Kier molecular flexibility index (Phi) is 11.4. The number of nitrogens with zero attached hydrogens (tertiary/aromatic N) is 1. The number of guanidine groups is 1. The second-order valence-corrected chi connectivity index (χ2v) is 6.45. The zero-order valence-electron chi connectivity index (χ0n) is 15.8. The van der Waals surface area contributed by atoms with Gasteiger partial charge in [-0.25, -0.2) is 0 Å². The van der Waals surface area contributed by atoms with Crippen LogP contribution in [0.4, 0.5) is 0 Å². The number of aliphatic imine (C=N–C) groups is 1. The van der Waals surface area contributed by atoms with Crippen molar-refractivity contribution in [2.24, 2.45) is 4.99 Å². The van der Waals surface area contributed by atoms with Crippen molar-refractivity contribution in [1.82, 2.24) is 16.0 Å². The van der Waals surface area contributed by atoms with Crippen LogP contribution in [0.15, 0.2) is 29.3 Å². The molecule has 0 radical (unpaired) electrons. The van der Waals surface area contributed by atoms with Gasteiger partial charge in [0.2, 0.25) is 0 Å². The Hall–Kier alpha value is -1.35. The molecule has 1 rings (SSSR count). The molecule has 0 aliphatic carbocycles. The molecule has 7 heteroatoms. The molecule has 1 aromatic carbocycles. The third-order valence-corrected chi connectivity index (χ3v) is 3.10. The number of carbonyl (C=O) groups excluding carboxylic acids is 1. The van der Waals surface area contributed by atoms with Crippen LogP contribution in [-0.2, 0) is 11.3 Å². The number of hydrogen-bond acceptors (Lipinski definition) is 3. The predicted octanol–water partition coefficient (Wildman–Crippen LogP) is 2.53. The summed E-state index contributed by atoms with van der Waals surface area (Å²) in [5.41, 5.74) is 1.42. The molecule has 3 N–H and O–H groups in total. The van der Waals surface area contributed by atoms with Crippen molar-refractivity contribution in [3.63, 3.8) is 0 Å². The van der Waals surface area contributed by atoms with Crippen LogP contribution in [-0.4, -0.2) is 44.2 Å². The van der Waals surface area contributed by atoms with E-state index in [9.17, 15) is 4.79 Å². The van der Waals surface area contributed by atoms with Crippen LogP contribution in [0.2, 0.25) is 0 Å². The number of ether oxygens (including phenoxy) is 1. The number of carbonyl (C=O) groups is 1. The molecule has 0 saturated heterocycles. The average molecular weight is 462 g/mol. The van der Waals surface area contributed by atoms with Gasteiger partial charge in [-0.3, -0.25) is 9.79 Å². The lowest BCUT2D eigenvalue weighted by Gasteiger charge is -2.20. The van der Waals surface area contributed by atoms with Gasteiger partial charge in [-0.05, 0) is 45.4 Å². The SMILES string of the molecule is CCOCCNC(=NC)NCc1cccc(C(=O)NC(C)(C)C)c1.I. The molecule has 6 nitrogen and oxygen atoms in total. The molecule has 0 fully saturated rings. The second kappa shape index (κ2) is 12.1. The van der Waals surface area contributed by atoms with Crippen LogP contribution in [0.3, 0.4) is 0 Å². The number of rotatable bonds is 7. The molecule has 0 aliphatic heterocycles. The molecule has 1 aromatic rings. The summed E-state index contributed by atoms with van der Waals surface area (Å²) < 4.78 is 5.28. The quantitative estimate of drug-likeness (QED) is 0.252. The molecule has 0 saturated carbocycles. The Morgan fingerprint density at radius 1 is 1.24 bits per heavy atom. The number of benzene rings is 1. The summed E-state index contributed by atoms with van der Waals surface area (Å²) in [6, 6.07) is 7.58. The molecule has 0 aromatic heterocycles. The molecule has 0 bridgehead atoms. The summed E-state index contributed by atoms with van der Waals surface area (Å²) in [6.07, 6.45) is 0.